The molecule has 3 rings (SSSR count). The van der Waals surface area contributed by atoms with E-state index >= 15 is 0 Å². The number of aliphatic imine (C=N–C) groups is 1. The molecule has 2 heterocycles. The molecule has 110 valence electrons. The zero-order valence-corrected chi connectivity index (χ0v) is 11.5. The van der Waals surface area contributed by atoms with Gasteiger partial charge in [0.2, 0.25) is 0 Å². The third kappa shape index (κ3) is 3.47. The lowest BCUT2D eigenvalue weighted by molar-refractivity contribution is 0.297. The normalized spacial score (nSPS) is 14.6. The molecule has 1 aliphatic heterocycles. The van der Waals surface area contributed by atoms with Gasteiger partial charge in [0, 0.05) is 18.2 Å². The topological polar surface area (TPSA) is 82.0 Å². The van der Waals surface area contributed by atoms with Crippen LogP contribution in [0.15, 0.2) is 46.0 Å². The Bertz CT molecular complexity index is 623. The Morgan fingerprint density at radius 3 is 2.86 bits per heavy atom. The van der Waals surface area contributed by atoms with Gasteiger partial charge in [-0.3, -0.25) is 0 Å². The first-order valence-electron chi connectivity index (χ1n) is 6.80. The zero-order chi connectivity index (χ0) is 14.5. The lowest BCUT2D eigenvalue weighted by atomic mass is 10.3. The van der Waals surface area contributed by atoms with Gasteiger partial charge in [-0.1, -0.05) is 0 Å². The summed E-state index contributed by atoms with van der Waals surface area (Å²) in [5.41, 5.74) is 6.66. The molecule has 1 aliphatic rings. The van der Waals surface area contributed by atoms with Crippen LogP contribution in [0.3, 0.4) is 0 Å². The number of nitrogens with one attached hydrogen (secondary N) is 1. The van der Waals surface area contributed by atoms with Crippen molar-refractivity contribution in [1.82, 2.24) is 0 Å². The molecule has 0 spiro atoms. The molecule has 1 aromatic heterocycles. The Balaban J connectivity index is 1.67. The van der Waals surface area contributed by atoms with Gasteiger partial charge in [-0.05, 0) is 24.3 Å². The van der Waals surface area contributed by atoms with E-state index in [9.17, 15) is 0 Å². The third-order valence-electron chi connectivity index (χ3n) is 3.01. The minimum atomic E-state index is 0.320. The van der Waals surface area contributed by atoms with Gasteiger partial charge in [-0.15, -0.1) is 0 Å². The summed E-state index contributed by atoms with van der Waals surface area (Å²) in [6.07, 6.45) is 2.49. The molecule has 21 heavy (non-hydrogen) atoms. The predicted octanol–water partition coefficient (Wildman–Crippen LogP) is 2.37. The molecule has 0 aliphatic carbocycles. The van der Waals surface area contributed by atoms with E-state index in [1.165, 1.54) is 0 Å². The minimum absolute atomic E-state index is 0.320. The second-order valence-electron chi connectivity index (χ2n) is 4.62. The predicted molar refractivity (Wildman–Crippen MR) is 79.7 cm³/mol. The van der Waals surface area contributed by atoms with Crippen LogP contribution in [0.25, 0.3) is 0 Å². The first kappa shape index (κ1) is 13.4. The molecule has 0 fully saturated rings. The minimum Gasteiger partial charge on any atom is -0.490 e. The van der Waals surface area contributed by atoms with Crippen LogP contribution in [0.1, 0.15) is 12.2 Å². The van der Waals surface area contributed by atoms with E-state index in [0.29, 0.717) is 25.7 Å². The second kappa shape index (κ2) is 6.21. The van der Waals surface area contributed by atoms with Crippen LogP contribution in [0, 0.1) is 0 Å². The highest BCUT2D eigenvalue weighted by Crippen LogP contribution is 2.32. The summed E-state index contributed by atoms with van der Waals surface area (Å²) in [5.74, 6) is 2.56. The van der Waals surface area contributed by atoms with E-state index in [1.807, 2.05) is 30.3 Å². The first-order valence-corrected chi connectivity index (χ1v) is 6.80. The molecule has 0 radical (unpaired) electrons. The molecule has 6 nitrogen and oxygen atoms in total. The Hall–Kier alpha value is -2.63. The molecule has 1 aromatic carbocycles. The summed E-state index contributed by atoms with van der Waals surface area (Å²) in [4.78, 5) is 4.21. The van der Waals surface area contributed by atoms with Crippen LogP contribution in [-0.2, 0) is 6.54 Å². The molecule has 0 unspecified atom stereocenters. The van der Waals surface area contributed by atoms with Gasteiger partial charge < -0.3 is 24.9 Å². The highest BCUT2D eigenvalue weighted by Gasteiger charge is 2.10. The van der Waals surface area contributed by atoms with E-state index in [2.05, 4.69) is 10.3 Å². The van der Waals surface area contributed by atoms with Gasteiger partial charge in [0.15, 0.2) is 17.5 Å². The Labute approximate surface area is 122 Å². The molecular formula is C15H17N3O3. The van der Waals surface area contributed by atoms with Crippen molar-refractivity contribution in [2.24, 2.45) is 10.7 Å². The van der Waals surface area contributed by atoms with Crippen molar-refractivity contribution in [2.45, 2.75) is 13.0 Å². The Kier molecular flexibility index (Phi) is 3.95. The number of guanidine groups is 1. The van der Waals surface area contributed by atoms with Crippen molar-refractivity contribution in [3.8, 4) is 11.5 Å². The maximum atomic E-state index is 5.85. The number of hydrogen-bond donors (Lipinski definition) is 2. The maximum Gasteiger partial charge on any atom is 0.193 e. The number of nitrogens with two attached hydrogens (primary N) is 1. The van der Waals surface area contributed by atoms with Gasteiger partial charge in [-0.25, -0.2) is 4.99 Å². The molecule has 2 aromatic rings. The molecule has 0 amide bonds. The maximum absolute atomic E-state index is 5.85. The summed E-state index contributed by atoms with van der Waals surface area (Å²) in [7, 11) is 0. The van der Waals surface area contributed by atoms with E-state index in [-0.39, 0.29) is 0 Å². The summed E-state index contributed by atoms with van der Waals surface area (Å²) in [6, 6.07) is 9.27. The third-order valence-corrected chi connectivity index (χ3v) is 3.01. The van der Waals surface area contributed by atoms with Gasteiger partial charge in [0.1, 0.15) is 12.3 Å². The highest BCUT2D eigenvalue weighted by atomic mass is 16.5. The quantitative estimate of drug-likeness (QED) is 0.669. The molecule has 0 saturated carbocycles. The molecule has 0 bridgehead atoms. The number of benzene rings is 1. The Morgan fingerprint density at radius 1 is 1.19 bits per heavy atom. The summed E-state index contributed by atoms with van der Waals surface area (Å²) in [6.45, 7) is 1.72. The average Bonchev–Trinajstić information content (AvgIpc) is 2.90. The molecule has 3 N–H and O–H groups in total. The van der Waals surface area contributed by atoms with E-state index < -0.39 is 0 Å². The van der Waals surface area contributed by atoms with Crippen LogP contribution in [0.5, 0.6) is 11.5 Å². The van der Waals surface area contributed by atoms with Crippen molar-refractivity contribution in [3.63, 3.8) is 0 Å². The number of fused-ring (bicyclic) bond motifs is 1. The van der Waals surface area contributed by atoms with Gasteiger partial charge >= 0.3 is 0 Å². The largest absolute Gasteiger partial charge is 0.490 e. The number of anilines is 1. The molecule has 0 atom stereocenters. The van der Waals surface area contributed by atoms with Crippen LogP contribution in [-0.4, -0.2) is 19.2 Å². The zero-order valence-electron chi connectivity index (χ0n) is 11.5. The van der Waals surface area contributed by atoms with Crippen molar-refractivity contribution < 1.29 is 13.9 Å². The van der Waals surface area contributed by atoms with Crippen LogP contribution in [0.4, 0.5) is 5.69 Å². The average molecular weight is 287 g/mol. The fraction of sp³-hybridized carbons (Fsp3) is 0.267. The summed E-state index contributed by atoms with van der Waals surface area (Å²) in [5, 5.41) is 3.03. The lowest BCUT2D eigenvalue weighted by Gasteiger charge is -2.10. The number of furan rings is 1. The first-order chi connectivity index (χ1) is 10.3. The van der Waals surface area contributed by atoms with Crippen LogP contribution < -0.4 is 20.5 Å². The number of rotatable bonds is 3. The van der Waals surface area contributed by atoms with Gasteiger partial charge in [-0.2, -0.15) is 0 Å². The van der Waals surface area contributed by atoms with Crippen molar-refractivity contribution in [1.29, 1.82) is 0 Å². The van der Waals surface area contributed by atoms with E-state index in [0.717, 1.165) is 29.4 Å². The summed E-state index contributed by atoms with van der Waals surface area (Å²) < 4.78 is 16.4. The number of nitrogens with zero attached hydrogens (tertiary/aromatic N) is 1. The molecule has 6 heteroatoms. The monoisotopic (exact) mass is 287 g/mol. The standard InChI is InChI=1S/C15H17N3O3/c16-15(17-10-12-3-1-6-19-12)18-11-4-5-13-14(9-11)21-8-2-7-20-13/h1,3-6,9H,2,7-8,10H2,(H3,16,17,18). The fourth-order valence-electron chi connectivity index (χ4n) is 1.99. The van der Waals surface area contributed by atoms with Gasteiger partial charge in [0.05, 0.1) is 19.5 Å². The van der Waals surface area contributed by atoms with Crippen molar-refractivity contribution >= 4 is 11.6 Å². The van der Waals surface area contributed by atoms with E-state index in [4.69, 9.17) is 19.6 Å². The van der Waals surface area contributed by atoms with Crippen LogP contribution >= 0.6 is 0 Å². The molecular weight excluding hydrogens is 270 g/mol. The molecule has 0 saturated heterocycles. The lowest BCUT2D eigenvalue weighted by Crippen LogP contribution is -2.22. The number of ether oxygens (including phenoxy) is 2. The second-order valence-corrected chi connectivity index (χ2v) is 4.62. The SMILES string of the molecule is NC(=NCc1ccco1)Nc1ccc2c(c1)OCCCO2. The Morgan fingerprint density at radius 2 is 2.05 bits per heavy atom. The highest BCUT2D eigenvalue weighted by molar-refractivity contribution is 5.92. The van der Waals surface area contributed by atoms with Crippen LogP contribution in [0.2, 0.25) is 0 Å². The van der Waals surface area contributed by atoms with E-state index in [1.54, 1.807) is 6.26 Å². The number of hydrogen-bond acceptors (Lipinski definition) is 4. The smallest absolute Gasteiger partial charge is 0.193 e. The van der Waals surface area contributed by atoms with Crippen molar-refractivity contribution in [3.05, 3.63) is 42.4 Å². The van der Waals surface area contributed by atoms with Gasteiger partial charge in [0.25, 0.3) is 0 Å². The fourth-order valence-corrected chi connectivity index (χ4v) is 1.99. The summed E-state index contributed by atoms with van der Waals surface area (Å²) >= 11 is 0. The van der Waals surface area contributed by atoms with Crippen molar-refractivity contribution in [2.75, 3.05) is 18.5 Å².